The minimum Gasteiger partial charge on any atom is -0.606 e. The summed E-state index contributed by atoms with van der Waals surface area (Å²) >= 11 is -1.49. The molecule has 1 atom stereocenters. The van der Waals surface area contributed by atoms with E-state index in [4.69, 9.17) is 0 Å². The molecule has 0 bridgehead atoms. The van der Waals surface area contributed by atoms with Gasteiger partial charge < -0.3 is 19.9 Å². The highest BCUT2D eigenvalue weighted by atomic mass is 32.2. The number of carbonyl (C=O) groups is 3. The quantitative estimate of drug-likeness (QED) is 0.356. The van der Waals surface area contributed by atoms with E-state index in [2.05, 4.69) is 25.7 Å². The molecule has 0 saturated heterocycles. The first-order chi connectivity index (χ1) is 14.8. The number of rotatable bonds is 6. The molecule has 0 spiro atoms. The van der Waals surface area contributed by atoms with E-state index in [1.807, 2.05) is 13.0 Å². The van der Waals surface area contributed by atoms with Gasteiger partial charge in [-0.15, -0.1) is 0 Å². The summed E-state index contributed by atoms with van der Waals surface area (Å²) in [4.78, 5) is 40.2. The minimum atomic E-state index is -1.49. The second-order valence-corrected chi connectivity index (χ2v) is 7.80. The predicted molar refractivity (Wildman–Crippen MR) is 118 cm³/mol. The van der Waals surface area contributed by atoms with Gasteiger partial charge >= 0.3 is 6.09 Å². The summed E-state index contributed by atoms with van der Waals surface area (Å²) in [6.07, 6.45) is -0.0677. The van der Waals surface area contributed by atoms with E-state index in [-0.39, 0.29) is 24.0 Å². The van der Waals surface area contributed by atoms with Crippen LogP contribution in [0.2, 0.25) is 0 Å². The molecule has 1 unspecified atom stereocenters. The van der Waals surface area contributed by atoms with Crippen LogP contribution in [0.25, 0.3) is 0 Å². The van der Waals surface area contributed by atoms with Crippen molar-refractivity contribution < 1.29 is 23.7 Å². The molecular weight excluding hydrogens is 420 g/mol. The number of hydrogen-bond acceptors (Lipinski definition) is 5. The van der Waals surface area contributed by atoms with E-state index < -0.39 is 23.2 Å². The Morgan fingerprint density at radius 3 is 2.35 bits per heavy atom. The molecule has 0 aliphatic carbocycles. The second kappa shape index (κ2) is 11.7. The van der Waals surface area contributed by atoms with Crippen LogP contribution in [-0.4, -0.2) is 35.5 Å². The summed E-state index contributed by atoms with van der Waals surface area (Å²) in [6, 6.07) is 13.6. The van der Waals surface area contributed by atoms with Crippen molar-refractivity contribution in [2.24, 2.45) is 4.99 Å². The fourth-order valence-corrected chi connectivity index (χ4v) is 3.57. The number of benzene rings is 2. The maximum Gasteiger partial charge on any atom is 0.413 e. The van der Waals surface area contributed by atoms with Crippen molar-refractivity contribution >= 4 is 46.4 Å². The van der Waals surface area contributed by atoms with E-state index >= 15 is 0 Å². The zero-order valence-corrected chi connectivity index (χ0v) is 18.2. The Morgan fingerprint density at radius 1 is 1.03 bits per heavy atom. The van der Waals surface area contributed by atoms with E-state index in [0.717, 1.165) is 0 Å². The lowest BCUT2D eigenvalue weighted by Crippen LogP contribution is -2.36. The Hall–Kier alpha value is -3.37. The van der Waals surface area contributed by atoms with Gasteiger partial charge in [-0.3, -0.25) is 14.9 Å². The number of methoxy groups -OCH3 is 1. The number of guanidine groups is 1. The van der Waals surface area contributed by atoms with Crippen molar-refractivity contribution in [2.75, 3.05) is 17.7 Å². The number of aliphatic imine (C=N–C) groups is 1. The lowest BCUT2D eigenvalue weighted by atomic mass is 10.2. The fraction of sp³-hybridized carbons (Fsp3) is 0.238. The molecule has 31 heavy (non-hydrogen) atoms. The van der Waals surface area contributed by atoms with Crippen LogP contribution in [0.15, 0.2) is 63.3 Å². The Kier molecular flexibility index (Phi) is 9.04. The number of nitrogens with zero attached hydrogens (tertiary/aromatic N) is 1. The van der Waals surface area contributed by atoms with Gasteiger partial charge in [-0.2, -0.15) is 4.99 Å². The van der Waals surface area contributed by atoms with Gasteiger partial charge in [-0.05, 0) is 30.7 Å². The number of ether oxygens (including phenoxy) is 1. The van der Waals surface area contributed by atoms with Crippen LogP contribution >= 0.6 is 0 Å². The van der Waals surface area contributed by atoms with E-state index in [1.165, 1.54) is 14.0 Å². The number of alkyl carbamates (subject to hydrolysis) is 1. The van der Waals surface area contributed by atoms with Crippen molar-refractivity contribution in [2.45, 2.75) is 36.5 Å². The molecule has 2 aromatic carbocycles. The minimum absolute atomic E-state index is 0.181. The van der Waals surface area contributed by atoms with Gasteiger partial charge in [0, 0.05) is 30.6 Å². The molecule has 0 fully saturated rings. The average Bonchev–Trinajstić information content (AvgIpc) is 2.74. The third kappa shape index (κ3) is 7.43. The number of carbonyl (C=O) groups excluding carboxylic acids is 3. The van der Waals surface area contributed by atoms with Crippen LogP contribution < -0.4 is 16.0 Å². The van der Waals surface area contributed by atoms with Crippen molar-refractivity contribution in [1.82, 2.24) is 5.32 Å². The highest BCUT2D eigenvalue weighted by molar-refractivity contribution is 7.91. The Bertz CT molecular complexity index is 965. The van der Waals surface area contributed by atoms with Crippen molar-refractivity contribution in [3.8, 4) is 0 Å². The maximum atomic E-state index is 12.9. The summed E-state index contributed by atoms with van der Waals surface area (Å²) in [5.41, 5.74) is 0.639. The molecule has 164 valence electrons. The molecule has 2 aromatic rings. The molecule has 0 saturated carbocycles. The van der Waals surface area contributed by atoms with E-state index in [1.54, 1.807) is 42.5 Å². The van der Waals surface area contributed by atoms with Crippen molar-refractivity contribution in [3.63, 3.8) is 0 Å². The van der Waals surface area contributed by atoms with Gasteiger partial charge in [-0.25, -0.2) is 4.79 Å². The van der Waals surface area contributed by atoms with Crippen molar-refractivity contribution in [3.05, 3.63) is 48.5 Å². The number of nitrogens with one attached hydrogen (secondary N) is 3. The van der Waals surface area contributed by atoms with Crippen LogP contribution in [-0.2, 0) is 25.5 Å². The molecule has 0 aromatic heterocycles. The molecule has 2 rings (SSSR count). The first-order valence-electron chi connectivity index (χ1n) is 9.46. The number of hydrogen-bond donors (Lipinski definition) is 3. The Labute approximate surface area is 183 Å². The smallest absolute Gasteiger partial charge is 0.413 e. The normalized spacial score (nSPS) is 11.9. The van der Waals surface area contributed by atoms with Gasteiger partial charge in [0.2, 0.25) is 17.8 Å². The van der Waals surface area contributed by atoms with Crippen LogP contribution in [0, 0.1) is 0 Å². The topological polar surface area (TPSA) is 132 Å². The number of amides is 3. The van der Waals surface area contributed by atoms with Crippen LogP contribution in [0.5, 0.6) is 0 Å². The zero-order valence-electron chi connectivity index (χ0n) is 17.4. The molecule has 0 radical (unpaired) electrons. The first-order valence-corrected chi connectivity index (χ1v) is 10.6. The van der Waals surface area contributed by atoms with Gasteiger partial charge in [0.25, 0.3) is 0 Å². The molecule has 9 nitrogen and oxygen atoms in total. The van der Waals surface area contributed by atoms with Gasteiger partial charge in [0.1, 0.15) is 0 Å². The van der Waals surface area contributed by atoms with Crippen LogP contribution in [0.4, 0.5) is 16.2 Å². The summed E-state index contributed by atoms with van der Waals surface area (Å²) in [5, 5.41) is 7.80. The molecule has 3 N–H and O–H groups in total. The van der Waals surface area contributed by atoms with Gasteiger partial charge in [0.05, 0.1) is 18.5 Å². The second-order valence-electron chi connectivity index (χ2n) is 6.32. The largest absolute Gasteiger partial charge is 0.606 e. The Balaban J connectivity index is 2.44. The highest BCUT2D eigenvalue weighted by Gasteiger charge is 2.19. The number of anilines is 2. The van der Waals surface area contributed by atoms with Gasteiger partial charge in [0.15, 0.2) is 9.79 Å². The monoisotopic (exact) mass is 444 g/mol. The fourth-order valence-electron chi connectivity index (χ4n) is 2.48. The molecule has 0 aliphatic rings. The molecule has 3 amide bonds. The SMILES string of the molecule is CCCC(=O)/N=C(\NC(=O)OC)Nc1cc([S+]([O-])c2ccccc2)ccc1NC(C)=O. The predicted octanol–water partition coefficient (Wildman–Crippen LogP) is 3.26. The molecular formula is C21H24N4O5S. The molecule has 0 heterocycles. The summed E-state index contributed by atoms with van der Waals surface area (Å²) in [7, 11) is 1.17. The van der Waals surface area contributed by atoms with E-state index in [9.17, 15) is 18.9 Å². The van der Waals surface area contributed by atoms with Crippen molar-refractivity contribution in [1.29, 1.82) is 0 Å². The third-order valence-corrected chi connectivity index (χ3v) is 5.21. The maximum absolute atomic E-state index is 12.9. The lowest BCUT2D eigenvalue weighted by Gasteiger charge is -2.17. The molecule has 0 aliphatic heterocycles. The average molecular weight is 445 g/mol. The first kappa shape index (κ1) is 23.9. The Morgan fingerprint density at radius 2 is 1.74 bits per heavy atom. The summed E-state index contributed by atoms with van der Waals surface area (Å²) in [5.74, 6) is -0.965. The zero-order chi connectivity index (χ0) is 22.8. The van der Waals surface area contributed by atoms with Gasteiger partial charge in [-0.1, -0.05) is 25.1 Å². The summed E-state index contributed by atoms with van der Waals surface area (Å²) < 4.78 is 17.5. The van der Waals surface area contributed by atoms with Crippen LogP contribution in [0.1, 0.15) is 26.7 Å². The van der Waals surface area contributed by atoms with E-state index in [0.29, 0.717) is 21.9 Å². The standard InChI is InChI=1S/C21H24N4O5S/c1-4-8-19(27)24-20(25-21(28)30-3)23-18-13-16(11-12-17(18)22-14(2)26)31(29)15-9-6-5-7-10-15/h5-7,9-13H,4,8H2,1-3H3,(H,22,26)(H2,23,24,25,27,28). The van der Waals surface area contributed by atoms with Crippen LogP contribution in [0.3, 0.4) is 0 Å². The third-order valence-electron chi connectivity index (χ3n) is 3.83. The molecule has 10 heteroatoms. The lowest BCUT2D eigenvalue weighted by molar-refractivity contribution is -0.118. The highest BCUT2D eigenvalue weighted by Crippen LogP contribution is 2.29. The summed E-state index contributed by atoms with van der Waals surface area (Å²) in [6.45, 7) is 3.16.